The van der Waals surface area contributed by atoms with Crippen molar-refractivity contribution in [2.24, 2.45) is 11.8 Å². The second-order valence-electron chi connectivity index (χ2n) is 7.41. The monoisotopic (exact) mass is 382 g/mol. The zero-order chi connectivity index (χ0) is 19.8. The molecule has 0 aliphatic carbocycles. The van der Waals surface area contributed by atoms with Crippen molar-refractivity contribution in [1.29, 1.82) is 0 Å². The summed E-state index contributed by atoms with van der Waals surface area (Å²) in [5.74, 6) is 0.249. The molecule has 0 saturated carbocycles. The lowest BCUT2D eigenvalue weighted by Crippen LogP contribution is -2.35. The molecular formula is C24H30O2S. The predicted octanol–water partition coefficient (Wildman–Crippen LogP) is 6.34. The number of hydrogen-bond acceptors (Lipinski definition) is 3. The number of benzene rings is 2. The first kappa shape index (κ1) is 21.3. The minimum atomic E-state index is -0.382. The lowest BCUT2D eigenvalue weighted by atomic mass is 9.94. The van der Waals surface area contributed by atoms with E-state index in [4.69, 9.17) is 4.74 Å². The highest BCUT2D eigenvalue weighted by Crippen LogP contribution is 2.36. The highest BCUT2D eigenvalue weighted by Gasteiger charge is 2.33. The van der Waals surface area contributed by atoms with Crippen LogP contribution in [-0.4, -0.2) is 17.3 Å². The Kier molecular flexibility index (Phi) is 8.18. The number of thioether (sulfide) groups is 1. The molecule has 0 saturated heterocycles. The Morgan fingerprint density at radius 2 is 1.44 bits per heavy atom. The molecule has 0 aliphatic rings. The van der Waals surface area contributed by atoms with Crippen LogP contribution in [0.25, 0.3) is 0 Å². The van der Waals surface area contributed by atoms with E-state index in [0.29, 0.717) is 0 Å². The molecule has 0 unspecified atom stereocenters. The summed E-state index contributed by atoms with van der Waals surface area (Å²) < 4.78 is 6.00. The van der Waals surface area contributed by atoms with Crippen LogP contribution in [0.1, 0.15) is 39.2 Å². The van der Waals surface area contributed by atoms with E-state index in [-0.39, 0.29) is 35.1 Å². The molecule has 2 rings (SSSR count). The summed E-state index contributed by atoms with van der Waals surface area (Å²) in [4.78, 5) is 14.3. The first-order chi connectivity index (χ1) is 12.9. The third kappa shape index (κ3) is 6.00. The largest absolute Gasteiger partial charge is 0.461 e. The summed E-state index contributed by atoms with van der Waals surface area (Å²) >= 11 is 1.54. The second kappa shape index (κ2) is 10.4. The number of carbonyl (C=O) groups is 1. The topological polar surface area (TPSA) is 26.3 Å². The normalized spacial score (nSPS) is 13.6. The maximum absolute atomic E-state index is 13.2. The van der Waals surface area contributed by atoms with Gasteiger partial charge in [0.1, 0.15) is 11.4 Å². The summed E-state index contributed by atoms with van der Waals surface area (Å²) in [6.45, 7) is 12.4. The summed E-state index contributed by atoms with van der Waals surface area (Å²) in [6, 6.07) is 20.1. The summed E-state index contributed by atoms with van der Waals surface area (Å²) in [5, 5.41) is -0.382. The Morgan fingerprint density at radius 1 is 0.926 bits per heavy atom. The van der Waals surface area contributed by atoms with E-state index in [1.165, 1.54) is 0 Å². The third-order valence-electron chi connectivity index (χ3n) is 4.57. The molecule has 2 aromatic rings. The molecule has 0 amide bonds. The fourth-order valence-electron chi connectivity index (χ4n) is 3.27. The average molecular weight is 383 g/mol. The van der Waals surface area contributed by atoms with Crippen molar-refractivity contribution in [3.8, 4) is 0 Å². The van der Waals surface area contributed by atoms with Crippen molar-refractivity contribution in [2.45, 2.75) is 49.9 Å². The number of hydrogen-bond donors (Lipinski definition) is 0. The van der Waals surface area contributed by atoms with E-state index in [9.17, 15) is 4.79 Å². The van der Waals surface area contributed by atoms with Crippen LogP contribution < -0.4 is 0 Å². The van der Waals surface area contributed by atoms with Gasteiger partial charge in [0.15, 0.2) is 0 Å². The molecular weight excluding hydrogens is 352 g/mol. The quantitative estimate of drug-likeness (QED) is 0.287. The highest BCUT2D eigenvalue weighted by molar-refractivity contribution is 8.00. The van der Waals surface area contributed by atoms with Crippen LogP contribution in [0.5, 0.6) is 0 Å². The Balaban J connectivity index is 2.33. The van der Waals surface area contributed by atoms with E-state index in [1.54, 1.807) is 11.8 Å². The first-order valence-corrected chi connectivity index (χ1v) is 10.4. The van der Waals surface area contributed by atoms with Gasteiger partial charge in [0.25, 0.3) is 0 Å². The Morgan fingerprint density at radius 3 is 1.93 bits per heavy atom. The van der Waals surface area contributed by atoms with E-state index >= 15 is 0 Å². The van der Waals surface area contributed by atoms with E-state index in [0.717, 1.165) is 10.5 Å². The van der Waals surface area contributed by atoms with Gasteiger partial charge >= 0.3 is 5.97 Å². The van der Waals surface area contributed by atoms with Gasteiger partial charge in [-0.3, -0.25) is 4.79 Å². The molecule has 2 atom stereocenters. The molecule has 27 heavy (non-hydrogen) atoms. The molecule has 0 radical (unpaired) electrons. The summed E-state index contributed by atoms with van der Waals surface area (Å²) in [7, 11) is 0. The third-order valence-corrected chi connectivity index (χ3v) is 5.85. The lowest BCUT2D eigenvalue weighted by molar-refractivity contribution is -0.153. The molecule has 0 bridgehead atoms. The molecule has 0 spiro atoms. The fraction of sp³-hybridized carbons (Fsp3) is 0.375. The van der Waals surface area contributed by atoms with Crippen LogP contribution in [0, 0.1) is 11.8 Å². The summed E-state index contributed by atoms with van der Waals surface area (Å²) in [6.07, 6.45) is 1.76. The lowest BCUT2D eigenvalue weighted by Gasteiger charge is -2.29. The van der Waals surface area contributed by atoms with Crippen LogP contribution in [0.2, 0.25) is 0 Å². The van der Waals surface area contributed by atoms with E-state index in [2.05, 4.69) is 34.3 Å². The van der Waals surface area contributed by atoms with E-state index in [1.807, 2.05) is 66.7 Å². The second-order valence-corrected chi connectivity index (χ2v) is 8.63. The summed E-state index contributed by atoms with van der Waals surface area (Å²) in [5.41, 5.74) is 1.07. The van der Waals surface area contributed by atoms with Gasteiger partial charge in [-0.2, -0.15) is 0 Å². The fourth-order valence-corrected chi connectivity index (χ4v) is 4.44. The smallest absolute Gasteiger partial charge is 0.320 e. The molecule has 2 aromatic carbocycles. The van der Waals surface area contributed by atoms with Crippen LogP contribution in [0.15, 0.2) is 78.2 Å². The van der Waals surface area contributed by atoms with Crippen molar-refractivity contribution in [3.05, 3.63) is 78.9 Å². The maximum atomic E-state index is 13.2. The van der Waals surface area contributed by atoms with Gasteiger partial charge in [0.2, 0.25) is 0 Å². The molecule has 0 N–H and O–H groups in total. The molecule has 144 valence electrons. The van der Waals surface area contributed by atoms with Gasteiger partial charge in [-0.05, 0) is 29.5 Å². The molecule has 0 fully saturated rings. The number of rotatable bonds is 9. The standard InChI is InChI=1S/C24H30O2S/c1-6-21(19-13-9-7-10-14-19)23(27-20-15-11-8-12-16-20)24(25)26-22(17(2)3)18(4)5/h6-18,21-23H,1H2,2-5H3/t21-,23+/m0/s1. The van der Waals surface area contributed by atoms with Crippen molar-refractivity contribution in [1.82, 2.24) is 0 Å². The zero-order valence-corrected chi connectivity index (χ0v) is 17.5. The van der Waals surface area contributed by atoms with Crippen LogP contribution >= 0.6 is 11.8 Å². The van der Waals surface area contributed by atoms with Crippen molar-refractivity contribution < 1.29 is 9.53 Å². The number of ether oxygens (including phenoxy) is 1. The molecule has 0 aromatic heterocycles. The van der Waals surface area contributed by atoms with Crippen LogP contribution in [-0.2, 0) is 9.53 Å². The number of esters is 1. The Hall–Kier alpha value is -2.00. The number of carbonyl (C=O) groups excluding carboxylic acids is 1. The van der Waals surface area contributed by atoms with Gasteiger partial charge in [0.05, 0.1) is 0 Å². The van der Waals surface area contributed by atoms with Crippen molar-refractivity contribution in [2.75, 3.05) is 0 Å². The number of allylic oxidation sites excluding steroid dienone is 1. The maximum Gasteiger partial charge on any atom is 0.320 e. The van der Waals surface area contributed by atoms with Crippen molar-refractivity contribution in [3.63, 3.8) is 0 Å². The van der Waals surface area contributed by atoms with Crippen molar-refractivity contribution >= 4 is 17.7 Å². The Labute approximate surface area is 168 Å². The van der Waals surface area contributed by atoms with Crippen LogP contribution in [0.3, 0.4) is 0 Å². The van der Waals surface area contributed by atoms with E-state index < -0.39 is 0 Å². The minimum absolute atomic E-state index is 0.0994. The molecule has 2 nitrogen and oxygen atoms in total. The Bertz CT molecular complexity index is 702. The predicted molar refractivity (Wildman–Crippen MR) is 115 cm³/mol. The molecule has 0 aliphatic heterocycles. The molecule has 0 heterocycles. The minimum Gasteiger partial charge on any atom is -0.461 e. The highest BCUT2D eigenvalue weighted by atomic mass is 32.2. The average Bonchev–Trinajstić information content (AvgIpc) is 2.67. The molecule has 3 heteroatoms. The van der Waals surface area contributed by atoms with Gasteiger partial charge in [-0.15, -0.1) is 18.3 Å². The zero-order valence-electron chi connectivity index (χ0n) is 16.7. The van der Waals surface area contributed by atoms with Gasteiger partial charge < -0.3 is 4.74 Å². The van der Waals surface area contributed by atoms with Gasteiger partial charge in [-0.1, -0.05) is 82.3 Å². The van der Waals surface area contributed by atoms with Crippen LogP contribution in [0.4, 0.5) is 0 Å². The van der Waals surface area contributed by atoms with Gasteiger partial charge in [-0.25, -0.2) is 0 Å². The first-order valence-electron chi connectivity index (χ1n) is 9.53. The van der Waals surface area contributed by atoms with Gasteiger partial charge in [0, 0.05) is 10.8 Å². The SMILES string of the molecule is C=C[C@@H](c1ccccc1)[C@@H](Sc1ccccc1)C(=O)OC(C(C)C)C(C)C.